The average Bonchev–Trinajstić information content (AvgIpc) is 3.59. The van der Waals surface area contributed by atoms with E-state index in [0.717, 1.165) is 42.0 Å². The van der Waals surface area contributed by atoms with E-state index in [1.807, 2.05) is 31.4 Å². The van der Waals surface area contributed by atoms with Gasteiger partial charge in [0.1, 0.15) is 23.3 Å². The third-order valence-electron chi connectivity index (χ3n) is 7.76. The minimum atomic E-state index is -0.343. The first kappa shape index (κ1) is 23.3. The Hall–Kier alpha value is -4.82. The highest BCUT2D eigenvalue weighted by atomic mass is 19.1. The molecule has 2 unspecified atom stereocenters. The lowest BCUT2D eigenvalue weighted by Gasteiger charge is -2.56. The van der Waals surface area contributed by atoms with Gasteiger partial charge in [0.15, 0.2) is 5.82 Å². The summed E-state index contributed by atoms with van der Waals surface area (Å²) in [4.78, 5) is 12.3. The molecule has 10 nitrogen and oxygen atoms in total. The van der Waals surface area contributed by atoms with Crippen LogP contribution in [-0.4, -0.2) is 65.1 Å². The molecule has 2 bridgehead atoms. The predicted octanol–water partition coefficient (Wildman–Crippen LogP) is 3.60. The number of piperazine rings is 1. The van der Waals surface area contributed by atoms with Crippen molar-refractivity contribution in [3.05, 3.63) is 71.9 Å². The van der Waals surface area contributed by atoms with Crippen molar-refractivity contribution in [2.45, 2.75) is 25.0 Å². The Balaban J connectivity index is 1.13. The molecular weight excluding hydrogens is 497 g/mol. The van der Waals surface area contributed by atoms with Crippen LogP contribution < -0.4 is 4.90 Å². The van der Waals surface area contributed by atoms with E-state index in [-0.39, 0.29) is 11.6 Å². The molecule has 7 heterocycles. The molecule has 0 amide bonds. The molecule has 3 aliphatic rings. The van der Waals surface area contributed by atoms with Gasteiger partial charge in [-0.3, -0.25) is 9.58 Å². The average molecular weight is 522 g/mol. The second-order valence-corrected chi connectivity index (χ2v) is 10.2. The smallest absolute Gasteiger partial charge is 0.151 e. The van der Waals surface area contributed by atoms with Crippen molar-refractivity contribution in [1.82, 2.24) is 34.8 Å². The first-order valence-electron chi connectivity index (χ1n) is 12.7. The number of hydrogen-bond donors (Lipinski definition) is 2. The van der Waals surface area contributed by atoms with Gasteiger partial charge >= 0.3 is 0 Å². The highest BCUT2D eigenvalue weighted by Crippen LogP contribution is 2.37. The van der Waals surface area contributed by atoms with E-state index in [1.165, 1.54) is 18.2 Å². The summed E-state index contributed by atoms with van der Waals surface area (Å²) in [7, 11) is 1.86. The fraction of sp³-hybridized carbons (Fsp3) is 0.250. The molecule has 3 aliphatic heterocycles. The summed E-state index contributed by atoms with van der Waals surface area (Å²) in [5.74, 6) is 0.552. The topological polar surface area (TPSA) is 123 Å². The Bertz CT molecular complexity index is 1740. The number of nitrogens with zero attached hydrogens (tertiary/aromatic N) is 8. The monoisotopic (exact) mass is 521 g/mol. The largest absolute Gasteiger partial charge is 0.508 e. The van der Waals surface area contributed by atoms with E-state index < -0.39 is 0 Å². The van der Waals surface area contributed by atoms with Gasteiger partial charge in [0, 0.05) is 73.2 Å². The summed E-state index contributed by atoms with van der Waals surface area (Å²) in [5.41, 5.74) is 4.77. The fourth-order valence-electron chi connectivity index (χ4n) is 5.79. The third-order valence-corrected chi connectivity index (χ3v) is 7.76. The van der Waals surface area contributed by atoms with Crippen LogP contribution in [0.5, 0.6) is 5.75 Å². The number of aryl methyl sites for hydroxylation is 1. The summed E-state index contributed by atoms with van der Waals surface area (Å²) >= 11 is 0. The molecule has 8 rings (SSSR count). The zero-order valence-electron chi connectivity index (χ0n) is 21.1. The number of piperidine rings is 1. The van der Waals surface area contributed by atoms with Crippen LogP contribution in [0.25, 0.3) is 33.5 Å². The molecule has 0 aliphatic carbocycles. The van der Waals surface area contributed by atoms with Crippen molar-refractivity contribution >= 4 is 16.9 Å². The van der Waals surface area contributed by atoms with Crippen LogP contribution >= 0.6 is 0 Å². The molecule has 11 heteroatoms. The molecule has 3 fully saturated rings. The number of aromatic hydroxyl groups is 1. The Morgan fingerprint density at radius 1 is 1.13 bits per heavy atom. The van der Waals surface area contributed by atoms with Gasteiger partial charge in [-0.1, -0.05) is 0 Å². The number of H-pyrrole nitrogens is 1. The number of halogens is 1. The van der Waals surface area contributed by atoms with Crippen LogP contribution in [0.1, 0.15) is 17.5 Å². The molecule has 0 radical (unpaired) electrons. The number of nitrogens with one attached hydrogen (secondary N) is 1. The van der Waals surface area contributed by atoms with Gasteiger partial charge in [0.2, 0.25) is 0 Å². The van der Waals surface area contributed by atoms with Crippen molar-refractivity contribution in [1.29, 1.82) is 5.26 Å². The molecule has 2 atom stereocenters. The van der Waals surface area contributed by atoms with Crippen LogP contribution in [0.15, 0.2) is 55.0 Å². The molecule has 0 saturated carbocycles. The number of aromatic nitrogens is 6. The molecule has 39 heavy (non-hydrogen) atoms. The Morgan fingerprint density at radius 3 is 2.69 bits per heavy atom. The Labute approximate surface area is 223 Å². The van der Waals surface area contributed by atoms with E-state index in [9.17, 15) is 14.8 Å². The number of anilines is 1. The summed E-state index contributed by atoms with van der Waals surface area (Å²) in [5, 5.41) is 34.0. The van der Waals surface area contributed by atoms with Crippen LogP contribution in [-0.2, 0) is 13.6 Å². The van der Waals surface area contributed by atoms with Gasteiger partial charge < -0.3 is 15.0 Å². The maximum Gasteiger partial charge on any atom is 0.151 e. The maximum absolute atomic E-state index is 13.7. The van der Waals surface area contributed by atoms with Gasteiger partial charge in [-0.05, 0) is 42.8 Å². The number of nitriles is 1. The molecule has 4 aromatic heterocycles. The highest BCUT2D eigenvalue weighted by Gasteiger charge is 2.45. The van der Waals surface area contributed by atoms with Crippen molar-refractivity contribution < 1.29 is 9.50 Å². The van der Waals surface area contributed by atoms with Crippen molar-refractivity contribution in [2.24, 2.45) is 7.05 Å². The predicted molar refractivity (Wildman–Crippen MR) is 142 cm³/mol. The third kappa shape index (κ3) is 3.97. The first-order valence-corrected chi connectivity index (χ1v) is 12.7. The Kier molecular flexibility index (Phi) is 5.31. The molecule has 3 saturated heterocycles. The second kappa shape index (κ2) is 8.89. The summed E-state index contributed by atoms with van der Waals surface area (Å²) in [6, 6.07) is 12.7. The molecule has 5 aromatic rings. The van der Waals surface area contributed by atoms with E-state index in [4.69, 9.17) is 0 Å². The lowest BCUT2D eigenvalue weighted by molar-refractivity contribution is -0.00926. The summed E-state index contributed by atoms with van der Waals surface area (Å²) < 4.78 is 15.4. The van der Waals surface area contributed by atoms with Crippen LogP contribution in [0.4, 0.5) is 10.2 Å². The summed E-state index contributed by atoms with van der Waals surface area (Å²) in [6.45, 7) is 2.07. The molecule has 0 spiro atoms. The quantitative estimate of drug-likeness (QED) is 0.360. The normalized spacial score (nSPS) is 18.7. The summed E-state index contributed by atoms with van der Waals surface area (Å²) in [6.07, 6.45) is 6.30. The van der Waals surface area contributed by atoms with Gasteiger partial charge in [0.05, 0.1) is 23.1 Å². The number of benzene rings is 1. The first-order chi connectivity index (χ1) is 19.0. The second-order valence-electron chi connectivity index (χ2n) is 10.2. The SMILES string of the molecule is Cn1cc(-c2cc3c(-c4ccc(N5CC6CC(C5)N6Cc5cc(F)ccc5O)nn4)c(C#N)cnc3[nH]2)cn1. The molecule has 194 valence electrons. The number of pyridine rings is 1. The number of phenols is 1. The van der Waals surface area contributed by atoms with Gasteiger partial charge in [-0.25, -0.2) is 9.37 Å². The number of aromatic amines is 1. The minimum Gasteiger partial charge on any atom is -0.508 e. The standard InChI is InChI=1S/C28H24FN9O/c1-36-12-18(11-32-36)24-8-22-27(17(9-30)10-31-28(22)33-24)23-3-5-26(35-34-23)37-14-20-7-21(15-37)38(20)13-16-6-19(29)2-4-25(16)39/h2-6,8,10-12,20-21,39H,7,13-15H2,1H3,(H,31,33). The highest BCUT2D eigenvalue weighted by molar-refractivity contribution is 5.97. The lowest BCUT2D eigenvalue weighted by Crippen LogP contribution is -2.68. The van der Waals surface area contributed by atoms with E-state index in [2.05, 4.69) is 41.1 Å². The molecule has 1 aromatic carbocycles. The number of hydrogen-bond acceptors (Lipinski definition) is 8. The Morgan fingerprint density at radius 2 is 1.97 bits per heavy atom. The zero-order valence-corrected chi connectivity index (χ0v) is 21.1. The van der Waals surface area contributed by atoms with Gasteiger partial charge in [-0.15, -0.1) is 10.2 Å². The van der Waals surface area contributed by atoms with E-state index >= 15 is 0 Å². The maximum atomic E-state index is 13.7. The van der Waals surface area contributed by atoms with Gasteiger partial charge in [0.25, 0.3) is 0 Å². The zero-order chi connectivity index (χ0) is 26.7. The minimum absolute atomic E-state index is 0.122. The van der Waals surface area contributed by atoms with Crippen molar-refractivity contribution in [2.75, 3.05) is 18.0 Å². The fourth-order valence-corrected chi connectivity index (χ4v) is 5.79. The molecular formula is C28H24FN9O. The van der Waals surface area contributed by atoms with Crippen molar-refractivity contribution in [3.63, 3.8) is 0 Å². The lowest BCUT2D eigenvalue weighted by atomic mass is 9.86. The van der Waals surface area contributed by atoms with E-state index in [0.29, 0.717) is 46.7 Å². The van der Waals surface area contributed by atoms with Crippen LogP contribution in [0.2, 0.25) is 0 Å². The number of fused-ring (bicyclic) bond motifs is 3. The number of rotatable bonds is 5. The van der Waals surface area contributed by atoms with E-state index in [1.54, 1.807) is 17.1 Å². The van der Waals surface area contributed by atoms with Gasteiger partial charge in [-0.2, -0.15) is 10.4 Å². The number of phenolic OH excluding ortho intramolecular Hbond substituents is 1. The van der Waals surface area contributed by atoms with Crippen molar-refractivity contribution in [3.8, 4) is 34.3 Å². The molecule has 2 N–H and O–H groups in total. The van der Waals surface area contributed by atoms with Crippen LogP contribution in [0, 0.1) is 17.1 Å². The van der Waals surface area contributed by atoms with Crippen LogP contribution in [0.3, 0.4) is 0 Å².